The molecule has 0 radical (unpaired) electrons. The highest BCUT2D eigenvalue weighted by Crippen LogP contribution is 2.39. The number of nitrogens with one attached hydrogen (secondary N) is 1. The summed E-state index contributed by atoms with van der Waals surface area (Å²) in [5.41, 5.74) is 7.23. The third-order valence-electron chi connectivity index (χ3n) is 4.96. The van der Waals surface area contributed by atoms with Crippen molar-refractivity contribution in [1.29, 1.82) is 0 Å². The first-order chi connectivity index (χ1) is 14.5. The summed E-state index contributed by atoms with van der Waals surface area (Å²) in [7, 11) is 1.45. The molecule has 152 valence electrons. The topological polar surface area (TPSA) is 107 Å². The molecule has 1 saturated carbocycles. The van der Waals surface area contributed by atoms with E-state index < -0.39 is 11.7 Å². The van der Waals surface area contributed by atoms with Crippen LogP contribution in [0.25, 0.3) is 22.3 Å². The first-order valence-corrected chi connectivity index (χ1v) is 9.37. The number of aromatic nitrogens is 2. The van der Waals surface area contributed by atoms with E-state index in [0.29, 0.717) is 22.4 Å². The Bertz CT molecular complexity index is 1140. The molecule has 4 rings (SSSR count). The third-order valence-corrected chi connectivity index (χ3v) is 4.96. The molecule has 2 amide bonds. The Balaban J connectivity index is 1.90. The van der Waals surface area contributed by atoms with Gasteiger partial charge in [-0.25, -0.2) is 9.37 Å². The number of primary amides is 1. The summed E-state index contributed by atoms with van der Waals surface area (Å²) in [6, 6.07) is 7.58. The van der Waals surface area contributed by atoms with Crippen LogP contribution in [0.1, 0.15) is 23.2 Å². The second kappa shape index (κ2) is 7.90. The second-order valence-electron chi connectivity index (χ2n) is 6.98. The van der Waals surface area contributed by atoms with Crippen molar-refractivity contribution in [3.05, 3.63) is 60.3 Å². The van der Waals surface area contributed by atoms with Crippen LogP contribution in [-0.4, -0.2) is 28.9 Å². The number of halogens is 1. The van der Waals surface area contributed by atoms with Gasteiger partial charge in [-0.1, -0.05) is 0 Å². The van der Waals surface area contributed by atoms with Gasteiger partial charge in [-0.2, -0.15) is 0 Å². The van der Waals surface area contributed by atoms with Crippen LogP contribution < -0.4 is 15.8 Å². The maximum Gasteiger partial charge on any atom is 0.249 e. The van der Waals surface area contributed by atoms with E-state index in [0.717, 1.165) is 12.8 Å². The van der Waals surface area contributed by atoms with E-state index in [1.165, 1.54) is 37.8 Å². The normalized spacial score (nSPS) is 13.0. The highest BCUT2D eigenvalue weighted by Gasteiger charge is 2.31. The number of nitrogens with two attached hydrogens (primary N) is 1. The van der Waals surface area contributed by atoms with Gasteiger partial charge in [0, 0.05) is 47.3 Å². The van der Waals surface area contributed by atoms with Crippen molar-refractivity contribution in [2.75, 3.05) is 12.4 Å². The fourth-order valence-corrected chi connectivity index (χ4v) is 3.27. The standard InChI is InChI=1S/C22H19FN4O3/c1-30-13-4-5-15(18(23)10-13)14-6-8-25-11-17(14)19-16(20(24)28)7-9-26-21(19)27-22(29)12-2-3-12/h4-12H,2-3H2,1H3,(H2,24,28)(H,26,27,29). The van der Waals surface area contributed by atoms with E-state index in [1.54, 1.807) is 18.2 Å². The molecule has 1 aliphatic carbocycles. The zero-order chi connectivity index (χ0) is 21.3. The minimum Gasteiger partial charge on any atom is -0.497 e. The van der Waals surface area contributed by atoms with Gasteiger partial charge in [-0.3, -0.25) is 14.6 Å². The predicted octanol–water partition coefficient (Wildman–Crippen LogP) is 3.41. The van der Waals surface area contributed by atoms with Crippen LogP contribution >= 0.6 is 0 Å². The van der Waals surface area contributed by atoms with Gasteiger partial charge in [0.05, 0.1) is 12.7 Å². The van der Waals surface area contributed by atoms with Gasteiger partial charge in [0.25, 0.3) is 0 Å². The minimum absolute atomic E-state index is 0.0655. The van der Waals surface area contributed by atoms with Gasteiger partial charge < -0.3 is 15.8 Å². The molecule has 0 atom stereocenters. The van der Waals surface area contributed by atoms with Crippen molar-refractivity contribution in [2.24, 2.45) is 11.7 Å². The van der Waals surface area contributed by atoms with Crippen LogP contribution in [0.4, 0.5) is 10.2 Å². The Morgan fingerprint density at radius 3 is 2.60 bits per heavy atom. The van der Waals surface area contributed by atoms with Crippen molar-refractivity contribution in [3.63, 3.8) is 0 Å². The molecule has 2 aromatic heterocycles. The number of amides is 2. The monoisotopic (exact) mass is 406 g/mol. The maximum atomic E-state index is 14.8. The van der Waals surface area contributed by atoms with Crippen molar-refractivity contribution in [2.45, 2.75) is 12.8 Å². The van der Waals surface area contributed by atoms with Crippen LogP contribution in [0.3, 0.4) is 0 Å². The molecular formula is C22H19FN4O3. The summed E-state index contributed by atoms with van der Waals surface area (Å²) in [6.07, 6.45) is 6.04. The fourth-order valence-electron chi connectivity index (χ4n) is 3.27. The van der Waals surface area contributed by atoms with Crippen LogP contribution in [0.2, 0.25) is 0 Å². The van der Waals surface area contributed by atoms with Crippen molar-refractivity contribution < 1.29 is 18.7 Å². The van der Waals surface area contributed by atoms with Gasteiger partial charge in [-0.05, 0) is 42.7 Å². The SMILES string of the molecule is COc1ccc(-c2ccncc2-c2c(C(N)=O)ccnc2NC(=O)C2CC2)c(F)c1. The maximum absolute atomic E-state index is 14.8. The van der Waals surface area contributed by atoms with E-state index in [1.807, 2.05) is 0 Å². The first kappa shape index (κ1) is 19.5. The number of methoxy groups -OCH3 is 1. The van der Waals surface area contributed by atoms with E-state index in [4.69, 9.17) is 10.5 Å². The lowest BCUT2D eigenvalue weighted by molar-refractivity contribution is -0.117. The van der Waals surface area contributed by atoms with Crippen molar-refractivity contribution in [1.82, 2.24) is 9.97 Å². The van der Waals surface area contributed by atoms with Gasteiger partial charge >= 0.3 is 0 Å². The van der Waals surface area contributed by atoms with E-state index >= 15 is 0 Å². The average Bonchev–Trinajstić information content (AvgIpc) is 3.59. The highest BCUT2D eigenvalue weighted by molar-refractivity contribution is 6.07. The summed E-state index contributed by atoms with van der Waals surface area (Å²) in [5.74, 6) is -0.875. The molecule has 1 fully saturated rings. The zero-order valence-electron chi connectivity index (χ0n) is 16.2. The molecule has 0 bridgehead atoms. The molecular weight excluding hydrogens is 387 g/mol. The van der Waals surface area contributed by atoms with E-state index in [9.17, 15) is 14.0 Å². The Morgan fingerprint density at radius 1 is 1.13 bits per heavy atom. The number of rotatable bonds is 6. The second-order valence-corrected chi connectivity index (χ2v) is 6.98. The number of anilines is 1. The lowest BCUT2D eigenvalue weighted by Crippen LogP contribution is -2.18. The van der Waals surface area contributed by atoms with E-state index in [2.05, 4.69) is 15.3 Å². The van der Waals surface area contributed by atoms with Gasteiger partial charge in [0.1, 0.15) is 17.4 Å². The lowest BCUT2D eigenvalue weighted by atomic mass is 9.93. The fraction of sp³-hybridized carbons (Fsp3) is 0.182. The minimum atomic E-state index is -0.695. The number of benzene rings is 1. The number of carbonyl (C=O) groups excluding carboxylic acids is 2. The van der Waals surface area contributed by atoms with Gasteiger partial charge in [0.2, 0.25) is 11.8 Å². The van der Waals surface area contributed by atoms with Crippen molar-refractivity contribution in [3.8, 4) is 28.0 Å². The molecule has 7 nitrogen and oxygen atoms in total. The highest BCUT2D eigenvalue weighted by atomic mass is 19.1. The van der Waals surface area contributed by atoms with Crippen LogP contribution in [0.15, 0.2) is 48.9 Å². The largest absolute Gasteiger partial charge is 0.497 e. The quantitative estimate of drug-likeness (QED) is 0.652. The molecule has 0 aliphatic heterocycles. The third kappa shape index (κ3) is 3.71. The average molecular weight is 406 g/mol. The van der Waals surface area contributed by atoms with Gasteiger partial charge in [0.15, 0.2) is 0 Å². The summed E-state index contributed by atoms with van der Waals surface area (Å²) < 4.78 is 19.9. The van der Waals surface area contributed by atoms with Crippen LogP contribution in [-0.2, 0) is 4.79 Å². The summed E-state index contributed by atoms with van der Waals surface area (Å²) in [5, 5.41) is 2.78. The number of hydrogen-bond acceptors (Lipinski definition) is 5. The number of hydrogen-bond donors (Lipinski definition) is 2. The molecule has 3 aromatic rings. The Morgan fingerprint density at radius 2 is 1.93 bits per heavy atom. The summed E-state index contributed by atoms with van der Waals surface area (Å²) in [6.45, 7) is 0. The molecule has 3 N–H and O–H groups in total. The smallest absolute Gasteiger partial charge is 0.249 e. The van der Waals surface area contributed by atoms with E-state index in [-0.39, 0.29) is 28.8 Å². The zero-order valence-corrected chi connectivity index (χ0v) is 16.2. The molecule has 30 heavy (non-hydrogen) atoms. The molecule has 0 saturated heterocycles. The molecule has 8 heteroatoms. The number of nitrogens with zero attached hydrogens (tertiary/aromatic N) is 2. The summed E-state index contributed by atoms with van der Waals surface area (Å²) in [4.78, 5) is 32.9. The predicted molar refractivity (Wildman–Crippen MR) is 109 cm³/mol. The Kier molecular flexibility index (Phi) is 5.14. The number of pyridine rings is 2. The van der Waals surface area contributed by atoms with Crippen molar-refractivity contribution >= 4 is 17.6 Å². The Hall–Kier alpha value is -3.81. The van der Waals surface area contributed by atoms with Crippen LogP contribution in [0, 0.1) is 11.7 Å². The molecule has 1 aromatic carbocycles. The number of ether oxygens (including phenoxy) is 1. The Labute approximate surface area is 172 Å². The molecule has 2 heterocycles. The lowest BCUT2D eigenvalue weighted by Gasteiger charge is -2.17. The van der Waals surface area contributed by atoms with Crippen LogP contribution in [0.5, 0.6) is 5.75 Å². The first-order valence-electron chi connectivity index (χ1n) is 9.37. The summed E-state index contributed by atoms with van der Waals surface area (Å²) >= 11 is 0. The van der Waals surface area contributed by atoms with Gasteiger partial charge in [-0.15, -0.1) is 0 Å². The molecule has 0 unspecified atom stereocenters. The molecule has 1 aliphatic rings. The number of carbonyl (C=O) groups is 2. The molecule has 0 spiro atoms.